The van der Waals surface area contributed by atoms with Crippen LogP contribution in [0.5, 0.6) is 0 Å². The lowest BCUT2D eigenvalue weighted by atomic mass is 9.96. The van der Waals surface area contributed by atoms with E-state index in [0.29, 0.717) is 11.9 Å². The summed E-state index contributed by atoms with van der Waals surface area (Å²) in [6.45, 7) is 6.07. The predicted octanol–water partition coefficient (Wildman–Crippen LogP) is 3.70. The van der Waals surface area contributed by atoms with Crippen LogP contribution in [0.1, 0.15) is 52.4 Å². The van der Waals surface area contributed by atoms with Gasteiger partial charge in [0.05, 0.1) is 5.69 Å². The third-order valence-electron chi connectivity index (χ3n) is 4.59. The van der Waals surface area contributed by atoms with Crippen molar-refractivity contribution >= 4 is 11.6 Å². The molecule has 1 aliphatic heterocycles. The van der Waals surface area contributed by atoms with E-state index in [0.717, 1.165) is 50.9 Å². The normalized spacial score (nSPS) is 17.3. The SMILES string of the molecule is CCCCC(CC)C(=O)N1CCC(Nc2cccnc2)CC1. The lowest BCUT2D eigenvalue weighted by Gasteiger charge is -2.34. The number of carbonyl (C=O) groups is 1. The molecule has 0 radical (unpaired) electrons. The fraction of sp³-hybridized carbons (Fsp3) is 0.667. The molecular weight excluding hydrogens is 274 g/mol. The van der Waals surface area contributed by atoms with Crippen LogP contribution in [0.3, 0.4) is 0 Å². The Bertz CT molecular complexity index is 441. The van der Waals surface area contributed by atoms with Gasteiger partial charge in [-0.3, -0.25) is 9.78 Å². The Balaban J connectivity index is 1.79. The Hall–Kier alpha value is -1.58. The molecule has 0 spiro atoms. The van der Waals surface area contributed by atoms with Crippen molar-refractivity contribution in [1.29, 1.82) is 0 Å². The average molecular weight is 303 g/mol. The van der Waals surface area contributed by atoms with Crippen LogP contribution in [0.15, 0.2) is 24.5 Å². The van der Waals surface area contributed by atoms with E-state index in [-0.39, 0.29) is 5.92 Å². The monoisotopic (exact) mass is 303 g/mol. The summed E-state index contributed by atoms with van der Waals surface area (Å²) in [5.74, 6) is 0.596. The first-order chi connectivity index (χ1) is 10.7. The number of carbonyl (C=O) groups excluding carboxylic acids is 1. The Kier molecular flexibility index (Phi) is 6.69. The zero-order valence-electron chi connectivity index (χ0n) is 13.9. The van der Waals surface area contributed by atoms with Gasteiger partial charge in [0, 0.05) is 37.4 Å². The molecule has 1 unspecified atom stereocenters. The Morgan fingerprint density at radius 2 is 2.18 bits per heavy atom. The lowest BCUT2D eigenvalue weighted by molar-refractivity contribution is -0.136. The van der Waals surface area contributed by atoms with E-state index in [1.54, 1.807) is 6.20 Å². The number of likely N-dealkylation sites (tertiary alicyclic amines) is 1. The number of pyridine rings is 1. The molecule has 1 N–H and O–H groups in total. The zero-order chi connectivity index (χ0) is 15.8. The first-order valence-corrected chi connectivity index (χ1v) is 8.70. The second kappa shape index (κ2) is 8.76. The average Bonchev–Trinajstić information content (AvgIpc) is 2.57. The highest BCUT2D eigenvalue weighted by molar-refractivity contribution is 5.78. The summed E-state index contributed by atoms with van der Waals surface area (Å²) in [5.41, 5.74) is 1.07. The molecule has 1 aliphatic rings. The molecule has 1 fully saturated rings. The van der Waals surface area contributed by atoms with Gasteiger partial charge >= 0.3 is 0 Å². The van der Waals surface area contributed by atoms with Crippen molar-refractivity contribution in [1.82, 2.24) is 9.88 Å². The number of anilines is 1. The number of hydrogen-bond donors (Lipinski definition) is 1. The molecule has 4 nitrogen and oxygen atoms in total. The summed E-state index contributed by atoms with van der Waals surface area (Å²) in [7, 11) is 0. The van der Waals surface area contributed by atoms with Crippen LogP contribution in [0.2, 0.25) is 0 Å². The van der Waals surface area contributed by atoms with Crippen LogP contribution >= 0.6 is 0 Å². The quantitative estimate of drug-likeness (QED) is 0.835. The van der Waals surface area contributed by atoms with Crippen LogP contribution in [0, 0.1) is 5.92 Å². The summed E-state index contributed by atoms with van der Waals surface area (Å²) < 4.78 is 0. The number of rotatable bonds is 7. The zero-order valence-corrected chi connectivity index (χ0v) is 13.9. The minimum atomic E-state index is 0.225. The maximum Gasteiger partial charge on any atom is 0.225 e. The maximum atomic E-state index is 12.6. The Morgan fingerprint density at radius 1 is 1.41 bits per heavy atom. The molecule has 1 atom stereocenters. The van der Waals surface area contributed by atoms with Gasteiger partial charge in [-0.2, -0.15) is 0 Å². The van der Waals surface area contributed by atoms with Gasteiger partial charge in [-0.25, -0.2) is 0 Å². The number of unbranched alkanes of at least 4 members (excludes halogenated alkanes) is 1. The number of hydrogen-bond acceptors (Lipinski definition) is 3. The van der Waals surface area contributed by atoms with Crippen LogP contribution < -0.4 is 5.32 Å². The molecule has 0 saturated carbocycles. The molecule has 1 saturated heterocycles. The molecule has 122 valence electrons. The smallest absolute Gasteiger partial charge is 0.225 e. The van der Waals surface area contributed by atoms with Crippen LogP contribution in [0.25, 0.3) is 0 Å². The highest BCUT2D eigenvalue weighted by Gasteiger charge is 2.26. The number of nitrogens with one attached hydrogen (secondary N) is 1. The van der Waals surface area contributed by atoms with Crippen molar-refractivity contribution in [3.05, 3.63) is 24.5 Å². The second-order valence-electron chi connectivity index (χ2n) is 6.23. The molecule has 2 rings (SSSR count). The van der Waals surface area contributed by atoms with Gasteiger partial charge in [-0.15, -0.1) is 0 Å². The van der Waals surface area contributed by atoms with E-state index in [4.69, 9.17) is 0 Å². The van der Waals surface area contributed by atoms with Crippen molar-refractivity contribution in [2.45, 2.75) is 58.4 Å². The number of nitrogens with zero attached hydrogens (tertiary/aromatic N) is 2. The summed E-state index contributed by atoms with van der Waals surface area (Å²) in [4.78, 5) is 18.8. The molecule has 1 aromatic heterocycles. The van der Waals surface area contributed by atoms with E-state index in [2.05, 4.69) is 29.0 Å². The molecule has 0 bridgehead atoms. The van der Waals surface area contributed by atoms with Gasteiger partial charge < -0.3 is 10.2 Å². The predicted molar refractivity (Wildman–Crippen MR) is 90.8 cm³/mol. The van der Waals surface area contributed by atoms with Gasteiger partial charge in [0.2, 0.25) is 5.91 Å². The van der Waals surface area contributed by atoms with Crippen molar-refractivity contribution in [2.24, 2.45) is 5.92 Å². The molecule has 0 aromatic carbocycles. The van der Waals surface area contributed by atoms with E-state index < -0.39 is 0 Å². The van der Waals surface area contributed by atoms with E-state index in [1.165, 1.54) is 6.42 Å². The highest BCUT2D eigenvalue weighted by atomic mass is 16.2. The Labute approximate surface area is 134 Å². The van der Waals surface area contributed by atoms with Crippen molar-refractivity contribution in [3.63, 3.8) is 0 Å². The van der Waals surface area contributed by atoms with Gasteiger partial charge in [0.25, 0.3) is 0 Å². The van der Waals surface area contributed by atoms with Gasteiger partial charge in [0.15, 0.2) is 0 Å². The largest absolute Gasteiger partial charge is 0.381 e. The minimum absolute atomic E-state index is 0.225. The first kappa shape index (κ1) is 16.8. The molecule has 22 heavy (non-hydrogen) atoms. The van der Waals surface area contributed by atoms with Crippen LogP contribution in [-0.4, -0.2) is 34.9 Å². The van der Waals surface area contributed by atoms with Gasteiger partial charge in [-0.05, 0) is 37.8 Å². The van der Waals surface area contributed by atoms with Crippen molar-refractivity contribution < 1.29 is 4.79 Å². The molecule has 4 heteroatoms. The number of amides is 1. The minimum Gasteiger partial charge on any atom is -0.381 e. The first-order valence-electron chi connectivity index (χ1n) is 8.70. The van der Waals surface area contributed by atoms with E-state index in [1.807, 2.05) is 18.3 Å². The molecule has 1 amide bonds. The van der Waals surface area contributed by atoms with E-state index in [9.17, 15) is 4.79 Å². The number of piperidine rings is 1. The third-order valence-corrected chi connectivity index (χ3v) is 4.59. The fourth-order valence-corrected chi connectivity index (χ4v) is 3.14. The summed E-state index contributed by atoms with van der Waals surface area (Å²) in [6, 6.07) is 4.44. The van der Waals surface area contributed by atoms with Crippen LogP contribution in [0.4, 0.5) is 5.69 Å². The Morgan fingerprint density at radius 3 is 2.77 bits per heavy atom. The van der Waals surface area contributed by atoms with Crippen LogP contribution in [-0.2, 0) is 4.79 Å². The molecule has 0 aliphatic carbocycles. The third kappa shape index (κ3) is 4.72. The van der Waals surface area contributed by atoms with Gasteiger partial charge in [0.1, 0.15) is 0 Å². The topological polar surface area (TPSA) is 45.2 Å². The lowest BCUT2D eigenvalue weighted by Crippen LogP contribution is -2.44. The second-order valence-corrected chi connectivity index (χ2v) is 6.23. The molecule has 2 heterocycles. The molecule has 1 aromatic rings. The fourth-order valence-electron chi connectivity index (χ4n) is 3.14. The van der Waals surface area contributed by atoms with E-state index >= 15 is 0 Å². The summed E-state index contributed by atoms with van der Waals surface area (Å²) in [6.07, 6.45) is 10.0. The van der Waals surface area contributed by atoms with Gasteiger partial charge in [-0.1, -0.05) is 26.7 Å². The highest BCUT2D eigenvalue weighted by Crippen LogP contribution is 2.21. The number of aromatic nitrogens is 1. The standard InChI is InChI=1S/C18H29N3O/c1-3-5-7-15(4-2)18(22)21-12-9-16(10-13-21)20-17-8-6-11-19-14-17/h6,8,11,14-16,20H,3-5,7,9-10,12-13H2,1-2H3. The maximum absolute atomic E-state index is 12.6. The van der Waals surface area contributed by atoms with Crippen molar-refractivity contribution in [2.75, 3.05) is 18.4 Å². The summed E-state index contributed by atoms with van der Waals surface area (Å²) in [5, 5.41) is 3.52. The summed E-state index contributed by atoms with van der Waals surface area (Å²) >= 11 is 0. The molecular formula is C18H29N3O. The van der Waals surface area contributed by atoms with Crippen molar-refractivity contribution in [3.8, 4) is 0 Å².